The number of benzene rings is 1. The molecule has 3 heterocycles. The van der Waals surface area contributed by atoms with Crippen LogP contribution in [0.5, 0.6) is 5.75 Å². The Kier molecular flexibility index (Phi) is 5.09. The lowest BCUT2D eigenvalue weighted by atomic mass is 10.0. The smallest absolute Gasteiger partial charge is 0.220 e. The van der Waals surface area contributed by atoms with E-state index in [9.17, 15) is 4.79 Å². The number of hydrogen-bond donors (Lipinski definition) is 2. The van der Waals surface area contributed by atoms with E-state index < -0.39 is 0 Å². The van der Waals surface area contributed by atoms with Gasteiger partial charge in [-0.05, 0) is 25.1 Å². The first-order valence-corrected chi connectivity index (χ1v) is 9.86. The Morgan fingerprint density at radius 2 is 2.37 bits per heavy atom. The Morgan fingerprint density at radius 3 is 3.07 bits per heavy atom. The van der Waals surface area contributed by atoms with Gasteiger partial charge >= 0.3 is 0 Å². The molecule has 0 radical (unpaired) electrons. The quantitative estimate of drug-likeness (QED) is 0.740. The second kappa shape index (κ2) is 7.66. The van der Waals surface area contributed by atoms with Gasteiger partial charge in [0.2, 0.25) is 5.91 Å². The van der Waals surface area contributed by atoms with E-state index >= 15 is 0 Å². The Labute approximate surface area is 161 Å². The maximum Gasteiger partial charge on any atom is 0.220 e. The zero-order valence-electron chi connectivity index (χ0n) is 15.1. The van der Waals surface area contributed by atoms with E-state index in [2.05, 4.69) is 15.3 Å². The highest BCUT2D eigenvalue weighted by Crippen LogP contribution is 2.34. The zero-order chi connectivity index (χ0) is 18.8. The third kappa shape index (κ3) is 3.96. The molecule has 2 aliphatic heterocycles. The van der Waals surface area contributed by atoms with Gasteiger partial charge in [0, 0.05) is 36.4 Å². The van der Waals surface area contributed by atoms with Gasteiger partial charge in [-0.2, -0.15) is 0 Å². The van der Waals surface area contributed by atoms with Crippen LogP contribution in [-0.2, 0) is 9.53 Å². The number of hydrogen-bond acceptors (Lipinski definition) is 7. The molecule has 7 nitrogen and oxygen atoms in total. The van der Waals surface area contributed by atoms with Crippen molar-refractivity contribution < 1.29 is 14.3 Å². The molecule has 2 saturated heterocycles. The molecule has 2 aromatic rings. The fourth-order valence-corrected chi connectivity index (χ4v) is 3.83. The molecule has 142 valence electrons. The maximum absolute atomic E-state index is 11.5. The SMILES string of the molecule is C[C@@H](Oc1cc(C(N)=CC=NC2COC2)cc2ncsc12)[C@H]1CNC(=O)C1. The van der Waals surface area contributed by atoms with Crippen LogP contribution in [0.15, 0.2) is 28.7 Å². The number of allylic oxidation sites excluding steroid dienone is 1. The van der Waals surface area contributed by atoms with Crippen molar-refractivity contribution in [3.05, 3.63) is 29.3 Å². The molecule has 0 spiro atoms. The number of nitrogens with two attached hydrogens (primary N) is 1. The molecular weight excluding hydrogens is 364 g/mol. The van der Waals surface area contributed by atoms with Crippen LogP contribution < -0.4 is 15.8 Å². The van der Waals surface area contributed by atoms with E-state index in [1.165, 1.54) is 11.3 Å². The number of thiazole rings is 1. The number of nitrogens with one attached hydrogen (secondary N) is 1. The Balaban J connectivity index is 1.56. The molecule has 8 heteroatoms. The third-order valence-corrected chi connectivity index (χ3v) is 5.74. The molecule has 0 saturated carbocycles. The Bertz CT molecular complexity index is 903. The summed E-state index contributed by atoms with van der Waals surface area (Å²) in [4.78, 5) is 20.3. The van der Waals surface area contributed by atoms with Gasteiger partial charge < -0.3 is 20.5 Å². The predicted octanol–water partition coefficient (Wildman–Crippen LogP) is 1.97. The molecule has 4 rings (SSSR count). The average molecular weight is 386 g/mol. The van der Waals surface area contributed by atoms with Gasteiger partial charge in [0.25, 0.3) is 0 Å². The first-order valence-electron chi connectivity index (χ1n) is 8.98. The van der Waals surface area contributed by atoms with Gasteiger partial charge in [0.15, 0.2) is 0 Å². The van der Waals surface area contributed by atoms with Crippen LogP contribution in [0.25, 0.3) is 15.9 Å². The lowest BCUT2D eigenvalue weighted by molar-refractivity contribution is -0.119. The Morgan fingerprint density at radius 1 is 1.52 bits per heavy atom. The number of ether oxygens (including phenoxy) is 2. The fourth-order valence-electron chi connectivity index (χ4n) is 3.10. The molecule has 27 heavy (non-hydrogen) atoms. The fraction of sp³-hybridized carbons (Fsp3) is 0.421. The van der Waals surface area contributed by atoms with Crippen LogP contribution in [0.4, 0.5) is 0 Å². The summed E-state index contributed by atoms with van der Waals surface area (Å²) in [6.07, 6.45) is 3.93. The van der Waals surface area contributed by atoms with Crippen LogP contribution in [0, 0.1) is 5.92 Å². The molecule has 0 bridgehead atoms. The van der Waals surface area contributed by atoms with Crippen LogP contribution in [0.2, 0.25) is 0 Å². The summed E-state index contributed by atoms with van der Waals surface area (Å²) in [6.45, 7) is 3.98. The van der Waals surface area contributed by atoms with E-state index in [0.717, 1.165) is 21.5 Å². The summed E-state index contributed by atoms with van der Waals surface area (Å²) in [6, 6.07) is 4.13. The van der Waals surface area contributed by atoms with Gasteiger partial charge in [-0.25, -0.2) is 4.98 Å². The summed E-state index contributed by atoms with van der Waals surface area (Å²) in [7, 11) is 0. The first-order chi connectivity index (χ1) is 13.1. The van der Waals surface area contributed by atoms with Crippen molar-refractivity contribution in [3.63, 3.8) is 0 Å². The molecule has 2 aliphatic rings. The molecule has 1 amide bonds. The van der Waals surface area contributed by atoms with Crippen LogP contribution >= 0.6 is 11.3 Å². The molecule has 1 aromatic heterocycles. The molecule has 0 unspecified atom stereocenters. The number of carbonyl (C=O) groups is 1. The highest BCUT2D eigenvalue weighted by Gasteiger charge is 2.28. The number of rotatable bonds is 6. The standard InChI is InChI=1S/C19H22N4O3S/c1-11(13-6-18(24)22-7-13)26-17-5-12(4-16-19(17)27-10-23-16)15(20)2-3-21-14-8-25-9-14/h2-5,10-11,13-14H,6-9,20H2,1H3,(H,22,24)/t11-,13-/m1/s1. The lowest BCUT2D eigenvalue weighted by Crippen LogP contribution is -2.31. The largest absolute Gasteiger partial charge is 0.489 e. The van der Waals surface area contributed by atoms with Gasteiger partial charge in [-0.15, -0.1) is 11.3 Å². The van der Waals surface area contributed by atoms with E-state index in [4.69, 9.17) is 15.2 Å². The molecule has 3 N–H and O–H groups in total. The Hall–Kier alpha value is -2.45. The van der Waals surface area contributed by atoms with Crippen molar-refractivity contribution in [2.45, 2.75) is 25.5 Å². The summed E-state index contributed by atoms with van der Waals surface area (Å²) < 4.78 is 12.3. The molecule has 2 fully saturated rings. The van der Waals surface area contributed by atoms with Gasteiger partial charge in [0.1, 0.15) is 11.9 Å². The van der Waals surface area contributed by atoms with E-state index in [0.29, 0.717) is 31.9 Å². The normalized spacial score (nSPS) is 22.2. The second-order valence-corrected chi connectivity index (χ2v) is 7.73. The van der Waals surface area contributed by atoms with Crippen LogP contribution in [0.3, 0.4) is 0 Å². The number of aromatic nitrogens is 1. The van der Waals surface area contributed by atoms with Crippen LogP contribution in [-0.4, -0.2) is 49.0 Å². The van der Waals surface area contributed by atoms with Crippen molar-refractivity contribution in [2.24, 2.45) is 16.6 Å². The summed E-state index contributed by atoms with van der Waals surface area (Å²) in [5.41, 5.74) is 10.3. The third-order valence-electron chi connectivity index (χ3n) is 4.89. The monoisotopic (exact) mass is 386 g/mol. The lowest BCUT2D eigenvalue weighted by Gasteiger charge is -2.21. The summed E-state index contributed by atoms with van der Waals surface area (Å²) >= 11 is 1.53. The molecule has 2 atom stereocenters. The topological polar surface area (TPSA) is 98.8 Å². The highest BCUT2D eigenvalue weighted by atomic mass is 32.1. The minimum Gasteiger partial charge on any atom is -0.489 e. The number of nitrogens with zero attached hydrogens (tertiary/aromatic N) is 2. The molecular formula is C19H22N4O3S. The zero-order valence-corrected chi connectivity index (χ0v) is 15.9. The van der Waals surface area contributed by atoms with Gasteiger partial charge in [0.05, 0.1) is 35.0 Å². The van der Waals surface area contributed by atoms with Gasteiger partial charge in [-0.1, -0.05) is 0 Å². The van der Waals surface area contributed by atoms with Crippen molar-refractivity contribution >= 4 is 39.4 Å². The maximum atomic E-state index is 11.5. The second-order valence-electron chi connectivity index (χ2n) is 6.88. The van der Waals surface area contributed by atoms with Crippen molar-refractivity contribution in [1.29, 1.82) is 0 Å². The number of carbonyl (C=O) groups excluding carboxylic acids is 1. The van der Waals surface area contributed by atoms with Crippen LogP contribution in [0.1, 0.15) is 18.9 Å². The van der Waals surface area contributed by atoms with Crippen molar-refractivity contribution in [1.82, 2.24) is 10.3 Å². The van der Waals surface area contributed by atoms with Gasteiger partial charge in [-0.3, -0.25) is 9.79 Å². The van der Waals surface area contributed by atoms with E-state index in [1.807, 2.05) is 19.1 Å². The minimum atomic E-state index is -0.0881. The van der Waals surface area contributed by atoms with E-state index in [1.54, 1.807) is 17.8 Å². The first kappa shape index (κ1) is 17.9. The summed E-state index contributed by atoms with van der Waals surface area (Å²) in [5, 5.41) is 2.86. The molecule has 0 aliphatic carbocycles. The van der Waals surface area contributed by atoms with E-state index in [-0.39, 0.29) is 24.0 Å². The number of fused-ring (bicyclic) bond motifs is 1. The molecule has 1 aromatic carbocycles. The number of aliphatic imine (C=N–C) groups is 1. The summed E-state index contributed by atoms with van der Waals surface area (Å²) in [5.74, 6) is 0.988. The van der Waals surface area contributed by atoms with Crippen molar-refractivity contribution in [2.75, 3.05) is 19.8 Å². The average Bonchev–Trinajstić information content (AvgIpc) is 3.25. The predicted molar refractivity (Wildman–Crippen MR) is 106 cm³/mol. The minimum absolute atomic E-state index is 0.0791. The van der Waals surface area contributed by atoms with Crippen molar-refractivity contribution in [3.8, 4) is 5.75 Å². The number of amides is 1. The highest BCUT2D eigenvalue weighted by molar-refractivity contribution is 7.17.